The molecule has 23 heavy (non-hydrogen) atoms. The van der Waals surface area contributed by atoms with Crippen molar-refractivity contribution in [3.05, 3.63) is 0 Å². The third kappa shape index (κ3) is 4.12. The van der Waals surface area contributed by atoms with Crippen molar-refractivity contribution < 1.29 is 9.47 Å². The Hall–Kier alpha value is 0.750. The van der Waals surface area contributed by atoms with Gasteiger partial charge in [-0.25, -0.2) is 0 Å². The van der Waals surface area contributed by atoms with Gasteiger partial charge >= 0.3 is 0 Å². The second kappa shape index (κ2) is 8.91. The van der Waals surface area contributed by atoms with Crippen molar-refractivity contribution in [1.82, 2.24) is 9.34 Å². The standard InChI is InChI=1S/C17H32BrN2O2P/c1-21-12-14-6-4-10-19(14)23(17-9-3-8-16(17)18)20-11-5-7-15(20)13-22-2/h14-17H,3-13H2,1-2H3/t14-,15-,16?,17?/m1/s1. The van der Waals surface area contributed by atoms with Crippen LogP contribution in [0.4, 0.5) is 0 Å². The van der Waals surface area contributed by atoms with Crippen LogP contribution in [0.3, 0.4) is 0 Å². The van der Waals surface area contributed by atoms with Gasteiger partial charge in [-0.3, -0.25) is 9.34 Å². The third-order valence-electron chi connectivity index (χ3n) is 5.63. The van der Waals surface area contributed by atoms with Crippen LogP contribution in [0.15, 0.2) is 0 Å². The molecule has 0 bridgehead atoms. The maximum Gasteiger partial charge on any atom is 0.0621 e. The van der Waals surface area contributed by atoms with Crippen LogP contribution in [-0.2, 0) is 9.47 Å². The maximum atomic E-state index is 5.55. The topological polar surface area (TPSA) is 24.9 Å². The van der Waals surface area contributed by atoms with Gasteiger partial charge in [0, 0.05) is 58.1 Å². The molecule has 1 saturated carbocycles. The van der Waals surface area contributed by atoms with Crippen molar-refractivity contribution in [1.29, 1.82) is 0 Å². The second-order valence-corrected chi connectivity index (χ2v) is 10.7. The van der Waals surface area contributed by atoms with Gasteiger partial charge in [0.25, 0.3) is 0 Å². The lowest BCUT2D eigenvalue weighted by atomic mass is 10.2. The van der Waals surface area contributed by atoms with Gasteiger partial charge < -0.3 is 9.47 Å². The first kappa shape index (κ1) is 18.5. The van der Waals surface area contributed by atoms with Crippen molar-refractivity contribution >= 4 is 24.2 Å². The highest BCUT2D eigenvalue weighted by Gasteiger charge is 2.45. The van der Waals surface area contributed by atoms with E-state index in [4.69, 9.17) is 9.47 Å². The molecule has 3 rings (SSSR count). The molecule has 3 fully saturated rings. The average Bonchev–Trinajstić information content (AvgIpc) is 3.26. The van der Waals surface area contributed by atoms with Crippen molar-refractivity contribution in [2.45, 2.75) is 67.5 Å². The minimum Gasteiger partial charge on any atom is -0.383 e. The zero-order chi connectivity index (χ0) is 16.2. The predicted molar refractivity (Wildman–Crippen MR) is 100 cm³/mol. The highest BCUT2D eigenvalue weighted by atomic mass is 79.9. The maximum absolute atomic E-state index is 5.55. The van der Waals surface area contributed by atoms with E-state index >= 15 is 0 Å². The fraction of sp³-hybridized carbons (Fsp3) is 1.00. The molecule has 0 amide bonds. The van der Waals surface area contributed by atoms with E-state index in [1.807, 2.05) is 14.2 Å². The molecular formula is C17H32BrN2O2P. The fourth-order valence-electron chi connectivity index (χ4n) is 4.59. The molecule has 2 saturated heterocycles. The van der Waals surface area contributed by atoms with Crippen LogP contribution in [0.25, 0.3) is 0 Å². The summed E-state index contributed by atoms with van der Waals surface area (Å²) < 4.78 is 16.8. The average molecular weight is 407 g/mol. The van der Waals surface area contributed by atoms with Gasteiger partial charge in [0.15, 0.2) is 0 Å². The number of ether oxygens (including phenoxy) is 2. The Morgan fingerprint density at radius 2 is 1.43 bits per heavy atom. The zero-order valence-electron chi connectivity index (χ0n) is 14.6. The Kier molecular flexibility index (Phi) is 7.18. The van der Waals surface area contributed by atoms with E-state index < -0.39 is 0 Å². The molecule has 2 aliphatic heterocycles. The smallest absolute Gasteiger partial charge is 0.0621 e. The number of hydrogen-bond donors (Lipinski definition) is 0. The largest absolute Gasteiger partial charge is 0.383 e. The molecule has 4 nitrogen and oxygen atoms in total. The first-order valence-corrected chi connectivity index (χ1v) is 11.4. The van der Waals surface area contributed by atoms with Crippen molar-refractivity contribution in [2.24, 2.45) is 0 Å². The van der Waals surface area contributed by atoms with E-state index in [9.17, 15) is 0 Å². The van der Waals surface area contributed by atoms with Crippen LogP contribution in [0.1, 0.15) is 44.9 Å². The van der Waals surface area contributed by atoms with Gasteiger partial charge in [0.1, 0.15) is 0 Å². The van der Waals surface area contributed by atoms with Crippen LogP contribution in [-0.4, -0.2) is 72.4 Å². The third-order valence-corrected chi connectivity index (χ3v) is 10.5. The van der Waals surface area contributed by atoms with Gasteiger partial charge in [-0.15, -0.1) is 0 Å². The quantitative estimate of drug-likeness (QED) is 0.473. The number of hydrogen-bond acceptors (Lipinski definition) is 4. The molecule has 0 aromatic heterocycles. The number of rotatable bonds is 7. The number of alkyl halides is 1. The normalized spacial score (nSPS) is 36.5. The summed E-state index contributed by atoms with van der Waals surface area (Å²) in [7, 11) is 3.46. The first-order valence-electron chi connectivity index (χ1n) is 9.20. The van der Waals surface area contributed by atoms with Crippen LogP contribution >= 0.6 is 24.2 Å². The summed E-state index contributed by atoms with van der Waals surface area (Å²) in [5.74, 6) is 0. The number of nitrogens with zero attached hydrogens (tertiary/aromatic N) is 2. The lowest BCUT2D eigenvalue weighted by Gasteiger charge is -2.45. The SMILES string of the molecule is COC[C@H]1CCCN1P(C1CCCC1Br)N1CCC[C@@H]1COC. The molecule has 3 aliphatic rings. The highest BCUT2D eigenvalue weighted by molar-refractivity contribution is 9.09. The van der Waals surface area contributed by atoms with Crippen LogP contribution in [0.2, 0.25) is 0 Å². The van der Waals surface area contributed by atoms with Crippen LogP contribution in [0.5, 0.6) is 0 Å². The Morgan fingerprint density at radius 3 is 1.87 bits per heavy atom. The van der Waals surface area contributed by atoms with Gasteiger partial charge in [0.2, 0.25) is 0 Å². The molecule has 4 atom stereocenters. The second-order valence-electron chi connectivity index (χ2n) is 7.16. The van der Waals surface area contributed by atoms with E-state index in [2.05, 4.69) is 25.3 Å². The van der Waals surface area contributed by atoms with Crippen molar-refractivity contribution in [3.63, 3.8) is 0 Å². The van der Waals surface area contributed by atoms with Crippen molar-refractivity contribution in [3.8, 4) is 0 Å². The molecular weight excluding hydrogens is 375 g/mol. The Morgan fingerprint density at radius 1 is 0.870 bits per heavy atom. The Labute approximate surface area is 151 Å². The predicted octanol–water partition coefficient (Wildman–Crippen LogP) is 3.84. The molecule has 0 spiro atoms. The lowest BCUT2D eigenvalue weighted by molar-refractivity contribution is 0.136. The van der Waals surface area contributed by atoms with Gasteiger partial charge in [-0.05, 0) is 38.5 Å². The molecule has 2 heterocycles. The molecule has 1 aliphatic carbocycles. The molecule has 2 unspecified atom stereocenters. The van der Waals surface area contributed by atoms with Crippen LogP contribution in [0, 0.1) is 0 Å². The molecule has 0 N–H and O–H groups in total. The monoisotopic (exact) mass is 406 g/mol. The Bertz CT molecular complexity index is 353. The number of methoxy groups -OCH3 is 2. The molecule has 0 aromatic carbocycles. The highest BCUT2D eigenvalue weighted by Crippen LogP contribution is 2.60. The summed E-state index contributed by atoms with van der Waals surface area (Å²) in [5.41, 5.74) is 0.805. The minimum absolute atomic E-state index is 0.245. The van der Waals surface area contributed by atoms with E-state index in [0.717, 1.165) is 18.9 Å². The summed E-state index contributed by atoms with van der Waals surface area (Å²) in [4.78, 5) is 0.696. The fourth-order valence-corrected chi connectivity index (χ4v) is 9.45. The van der Waals surface area contributed by atoms with Gasteiger partial charge in [-0.2, -0.15) is 0 Å². The van der Waals surface area contributed by atoms with Gasteiger partial charge in [-0.1, -0.05) is 22.4 Å². The van der Waals surface area contributed by atoms with E-state index in [1.165, 1.54) is 58.0 Å². The molecule has 0 aromatic rings. The lowest BCUT2D eigenvalue weighted by Crippen LogP contribution is -2.42. The summed E-state index contributed by atoms with van der Waals surface area (Å²) in [6.45, 7) is 4.29. The minimum atomic E-state index is -0.245. The van der Waals surface area contributed by atoms with E-state index in [-0.39, 0.29) is 8.22 Å². The zero-order valence-corrected chi connectivity index (χ0v) is 17.1. The summed E-state index contributed by atoms with van der Waals surface area (Å²) >= 11 is 4.02. The summed E-state index contributed by atoms with van der Waals surface area (Å²) in [6, 6.07) is 1.24. The first-order chi connectivity index (χ1) is 11.3. The number of halogens is 1. The molecule has 134 valence electrons. The molecule has 0 radical (unpaired) electrons. The molecule has 6 heteroatoms. The Balaban J connectivity index is 1.81. The van der Waals surface area contributed by atoms with Gasteiger partial charge in [0.05, 0.1) is 13.2 Å². The summed E-state index contributed by atoms with van der Waals surface area (Å²) in [5, 5.41) is 0. The van der Waals surface area contributed by atoms with Crippen LogP contribution < -0.4 is 0 Å². The van der Waals surface area contributed by atoms with Crippen molar-refractivity contribution in [2.75, 3.05) is 40.5 Å². The van der Waals surface area contributed by atoms with E-state index in [0.29, 0.717) is 16.9 Å². The van der Waals surface area contributed by atoms with E-state index in [1.54, 1.807) is 0 Å². The summed E-state index contributed by atoms with van der Waals surface area (Å²) in [6.07, 6.45) is 9.36.